The second-order valence-electron chi connectivity index (χ2n) is 3.01. The highest BCUT2D eigenvalue weighted by Gasteiger charge is 2.08. The Morgan fingerprint density at radius 1 is 1.07 bits per heavy atom. The Balaban J connectivity index is 2.19. The first kappa shape index (κ1) is 9.45. The van der Waals surface area contributed by atoms with Gasteiger partial charge in [0.1, 0.15) is 0 Å². The van der Waals surface area contributed by atoms with Crippen LogP contribution < -0.4 is 0 Å². The summed E-state index contributed by atoms with van der Waals surface area (Å²) in [4.78, 5) is 1.18. The normalized spacial score (nSPS) is 11.0. The lowest BCUT2D eigenvalue weighted by atomic mass is 10.2. The highest BCUT2D eigenvalue weighted by Crippen LogP contribution is 2.35. The van der Waals surface area contributed by atoms with Gasteiger partial charge in [0.25, 0.3) is 0 Å². The third-order valence-electron chi connectivity index (χ3n) is 2.04. The minimum atomic E-state index is 0.829. The molecule has 0 N–H and O–H groups in total. The third kappa shape index (κ3) is 1.71. The quantitative estimate of drug-likeness (QED) is 0.673. The van der Waals surface area contributed by atoms with Crippen molar-refractivity contribution in [3.8, 4) is 9.88 Å². The minimum Gasteiger partial charge on any atom is -0.136 e. The van der Waals surface area contributed by atoms with E-state index in [1.54, 1.807) is 22.7 Å². The summed E-state index contributed by atoms with van der Waals surface area (Å²) in [6, 6.07) is 10.5. The van der Waals surface area contributed by atoms with E-state index in [9.17, 15) is 0 Å². The van der Waals surface area contributed by atoms with Crippen molar-refractivity contribution in [2.45, 2.75) is 0 Å². The number of nitrogens with zero attached hydrogens (tertiary/aromatic N) is 2. The molecule has 1 aromatic carbocycles. The van der Waals surface area contributed by atoms with Crippen LogP contribution in [0.3, 0.4) is 0 Å². The first-order valence-electron chi connectivity index (χ1n) is 4.31. The monoisotopic (exact) mass is 296 g/mol. The lowest BCUT2D eigenvalue weighted by Crippen LogP contribution is -1.69. The predicted molar refractivity (Wildman–Crippen MR) is 68.4 cm³/mol. The predicted octanol–water partition coefficient (Wildman–Crippen LogP) is 4.18. The molecule has 2 aromatic heterocycles. The number of hydrogen-bond donors (Lipinski definition) is 0. The Hall–Kier alpha value is -0.780. The average Bonchev–Trinajstić information content (AvgIpc) is 2.82. The van der Waals surface area contributed by atoms with Gasteiger partial charge in [0.2, 0.25) is 0 Å². The Bertz CT molecular complexity index is 581. The van der Waals surface area contributed by atoms with E-state index in [-0.39, 0.29) is 0 Å². The molecule has 0 aliphatic rings. The molecule has 3 rings (SSSR count). The fourth-order valence-corrected chi connectivity index (χ4v) is 3.61. The standard InChI is InChI=1S/C10H5BrN2S2/c11-10-13-12-9(15-10)8-5-6-3-1-2-4-7(6)14-8/h1-5H. The molecule has 3 aromatic rings. The maximum atomic E-state index is 4.11. The van der Waals surface area contributed by atoms with Gasteiger partial charge in [-0.2, -0.15) is 0 Å². The zero-order valence-corrected chi connectivity index (χ0v) is 10.7. The summed E-state index contributed by atoms with van der Waals surface area (Å²) in [5.74, 6) is 0. The molecule has 0 atom stereocenters. The van der Waals surface area contributed by atoms with E-state index in [0.29, 0.717) is 0 Å². The Kier molecular flexibility index (Phi) is 2.31. The zero-order valence-electron chi connectivity index (χ0n) is 7.48. The Labute approximate surface area is 103 Å². The van der Waals surface area contributed by atoms with Gasteiger partial charge in [-0.1, -0.05) is 29.5 Å². The number of thiophene rings is 1. The molecule has 0 bridgehead atoms. The summed E-state index contributed by atoms with van der Waals surface area (Å²) >= 11 is 6.63. The summed E-state index contributed by atoms with van der Waals surface area (Å²) in [6.07, 6.45) is 0. The molecule has 0 unspecified atom stereocenters. The SMILES string of the molecule is Brc1nnc(-c2cc3ccccc3s2)s1. The van der Waals surface area contributed by atoms with Crippen LogP contribution >= 0.6 is 38.6 Å². The summed E-state index contributed by atoms with van der Waals surface area (Å²) < 4.78 is 2.12. The van der Waals surface area contributed by atoms with Gasteiger partial charge in [-0.3, -0.25) is 0 Å². The number of fused-ring (bicyclic) bond motifs is 1. The highest BCUT2D eigenvalue weighted by atomic mass is 79.9. The van der Waals surface area contributed by atoms with Crippen LogP contribution in [-0.2, 0) is 0 Å². The molecule has 0 aliphatic carbocycles. The molecular formula is C10H5BrN2S2. The largest absolute Gasteiger partial charge is 0.183 e. The van der Waals surface area contributed by atoms with Crippen molar-refractivity contribution in [1.29, 1.82) is 0 Å². The van der Waals surface area contributed by atoms with Gasteiger partial charge < -0.3 is 0 Å². The molecular weight excluding hydrogens is 292 g/mol. The van der Waals surface area contributed by atoms with E-state index in [2.05, 4.69) is 56.5 Å². The van der Waals surface area contributed by atoms with Gasteiger partial charge in [0.15, 0.2) is 8.92 Å². The molecule has 0 saturated heterocycles. The molecule has 2 heterocycles. The number of rotatable bonds is 1. The molecule has 5 heteroatoms. The topological polar surface area (TPSA) is 25.8 Å². The highest BCUT2D eigenvalue weighted by molar-refractivity contribution is 9.11. The van der Waals surface area contributed by atoms with Gasteiger partial charge in [-0.25, -0.2) is 0 Å². The number of benzene rings is 1. The zero-order chi connectivity index (χ0) is 10.3. The summed E-state index contributed by atoms with van der Waals surface area (Å²) in [5.41, 5.74) is 0. The van der Waals surface area contributed by atoms with Crippen molar-refractivity contribution >= 4 is 48.7 Å². The maximum Gasteiger partial charge on any atom is 0.183 e. The molecule has 0 radical (unpaired) electrons. The van der Waals surface area contributed by atoms with E-state index in [1.165, 1.54) is 15.0 Å². The van der Waals surface area contributed by atoms with Crippen molar-refractivity contribution in [2.24, 2.45) is 0 Å². The lowest BCUT2D eigenvalue weighted by molar-refractivity contribution is 1.08. The van der Waals surface area contributed by atoms with Gasteiger partial charge in [-0.15, -0.1) is 21.5 Å². The van der Waals surface area contributed by atoms with Gasteiger partial charge >= 0.3 is 0 Å². The molecule has 0 amide bonds. The molecule has 74 valence electrons. The molecule has 0 spiro atoms. The van der Waals surface area contributed by atoms with Crippen LogP contribution in [0.25, 0.3) is 20.0 Å². The number of hydrogen-bond acceptors (Lipinski definition) is 4. The number of halogens is 1. The van der Waals surface area contributed by atoms with Crippen molar-refractivity contribution < 1.29 is 0 Å². The minimum absolute atomic E-state index is 0.829. The second kappa shape index (κ2) is 3.66. The average molecular weight is 297 g/mol. The van der Waals surface area contributed by atoms with Crippen LogP contribution in [-0.4, -0.2) is 10.2 Å². The van der Waals surface area contributed by atoms with Gasteiger partial charge in [0.05, 0.1) is 4.88 Å². The van der Waals surface area contributed by atoms with Crippen LogP contribution in [0.15, 0.2) is 34.2 Å². The first-order valence-corrected chi connectivity index (χ1v) is 6.73. The molecule has 0 fully saturated rings. The van der Waals surface area contributed by atoms with Crippen LogP contribution in [0.2, 0.25) is 0 Å². The van der Waals surface area contributed by atoms with Crippen LogP contribution in [0.4, 0.5) is 0 Å². The van der Waals surface area contributed by atoms with Crippen molar-refractivity contribution in [1.82, 2.24) is 10.2 Å². The molecule has 2 nitrogen and oxygen atoms in total. The smallest absolute Gasteiger partial charge is 0.136 e. The lowest BCUT2D eigenvalue weighted by Gasteiger charge is -1.82. The van der Waals surface area contributed by atoms with Crippen molar-refractivity contribution in [2.75, 3.05) is 0 Å². The van der Waals surface area contributed by atoms with Crippen LogP contribution in [0, 0.1) is 0 Å². The summed E-state index contributed by atoms with van der Waals surface area (Å²) in [5, 5.41) is 10.3. The molecule has 0 aliphatic heterocycles. The fraction of sp³-hybridized carbons (Fsp3) is 0. The van der Waals surface area contributed by atoms with Gasteiger partial charge in [-0.05, 0) is 33.4 Å². The van der Waals surface area contributed by atoms with Gasteiger partial charge in [0, 0.05) is 4.70 Å². The van der Waals surface area contributed by atoms with Crippen molar-refractivity contribution in [3.63, 3.8) is 0 Å². The maximum absolute atomic E-state index is 4.11. The fourth-order valence-electron chi connectivity index (χ4n) is 1.39. The van der Waals surface area contributed by atoms with E-state index in [0.717, 1.165) is 8.92 Å². The summed E-state index contributed by atoms with van der Waals surface area (Å²) in [7, 11) is 0. The van der Waals surface area contributed by atoms with Crippen molar-refractivity contribution in [3.05, 3.63) is 34.2 Å². The first-order chi connectivity index (χ1) is 7.33. The third-order valence-corrected chi connectivity index (χ3v) is 4.68. The van der Waals surface area contributed by atoms with Crippen LogP contribution in [0.1, 0.15) is 0 Å². The van der Waals surface area contributed by atoms with E-state index >= 15 is 0 Å². The molecule has 15 heavy (non-hydrogen) atoms. The van der Waals surface area contributed by atoms with Crippen LogP contribution in [0.5, 0.6) is 0 Å². The van der Waals surface area contributed by atoms with E-state index in [1.807, 2.05) is 0 Å². The van der Waals surface area contributed by atoms with E-state index in [4.69, 9.17) is 0 Å². The molecule has 0 saturated carbocycles. The van der Waals surface area contributed by atoms with E-state index < -0.39 is 0 Å². The number of aromatic nitrogens is 2. The summed E-state index contributed by atoms with van der Waals surface area (Å²) in [6.45, 7) is 0. The Morgan fingerprint density at radius 2 is 1.93 bits per heavy atom. The Morgan fingerprint density at radius 3 is 2.67 bits per heavy atom. The second-order valence-corrected chi connectivity index (χ2v) is 6.35.